The lowest BCUT2D eigenvalue weighted by Gasteiger charge is -2.10. The van der Waals surface area contributed by atoms with Gasteiger partial charge in [0.15, 0.2) is 0 Å². The summed E-state index contributed by atoms with van der Waals surface area (Å²) in [7, 11) is 0. The van der Waals surface area contributed by atoms with E-state index in [4.69, 9.17) is 4.74 Å². The zero-order valence-corrected chi connectivity index (χ0v) is 15.9. The van der Waals surface area contributed by atoms with Crippen LogP contribution in [0.5, 0.6) is 17.5 Å². The number of urea groups is 1. The summed E-state index contributed by atoms with van der Waals surface area (Å²) in [4.78, 5) is 23.8. The third kappa shape index (κ3) is 6.31. The van der Waals surface area contributed by atoms with Crippen molar-refractivity contribution >= 4 is 33.3 Å². The molecule has 0 saturated carbocycles. The first-order valence-electron chi connectivity index (χ1n) is 7.83. The lowest BCUT2D eigenvalue weighted by Crippen LogP contribution is -2.20. The van der Waals surface area contributed by atoms with Crippen molar-refractivity contribution in [3.05, 3.63) is 59.6 Å². The van der Waals surface area contributed by atoms with Crippen molar-refractivity contribution in [1.82, 2.24) is 15.0 Å². The largest absolute Gasteiger partial charge is 0.573 e. The molecule has 8 nitrogen and oxygen atoms in total. The molecule has 0 spiro atoms. The van der Waals surface area contributed by atoms with Gasteiger partial charge in [0.1, 0.15) is 16.1 Å². The van der Waals surface area contributed by atoms with E-state index in [1.165, 1.54) is 24.5 Å². The predicted molar refractivity (Wildman–Crippen MR) is 99.8 cm³/mol. The highest BCUT2D eigenvalue weighted by Gasteiger charge is 2.31. The second-order valence-corrected chi connectivity index (χ2v) is 6.05. The Morgan fingerprint density at radius 3 is 2.41 bits per heavy atom. The molecule has 0 aliphatic carbocycles. The van der Waals surface area contributed by atoms with Crippen LogP contribution in [0.3, 0.4) is 0 Å². The molecule has 0 aliphatic rings. The van der Waals surface area contributed by atoms with Crippen LogP contribution in [-0.4, -0.2) is 27.3 Å². The second kappa shape index (κ2) is 8.73. The van der Waals surface area contributed by atoms with E-state index >= 15 is 0 Å². The summed E-state index contributed by atoms with van der Waals surface area (Å²) >= 11 is 3.21. The molecule has 150 valence electrons. The van der Waals surface area contributed by atoms with Gasteiger partial charge < -0.3 is 20.1 Å². The molecule has 2 heterocycles. The first kappa shape index (κ1) is 20.3. The summed E-state index contributed by atoms with van der Waals surface area (Å²) in [6.07, 6.45) is -0.703. The Kier molecular flexibility index (Phi) is 6.12. The molecule has 1 aromatic carbocycles. The highest BCUT2D eigenvalue weighted by Crippen LogP contribution is 2.27. The highest BCUT2D eigenvalue weighted by atomic mass is 79.9. The van der Waals surface area contributed by atoms with Crippen molar-refractivity contribution in [1.29, 1.82) is 0 Å². The van der Waals surface area contributed by atoms with Crippen LogP contribution < -0.4 is 20.1 Å². The van der Waals surface area contributed by atoms with Crippen LogP contribution >= 0.6 is 15.9 Å². The third-order valence-electron chi connectivity index (χ3n) is 3.14. The molecule has 0 atom stereocenters. The van der Waals surface area contributed by atoms with Gasteiger partial charge in [-0.2, -0.15) is 0 Å². The fourth-order valence-corrected chi connectivity index (χ4v) is 2.39. The van der Waals surface area contributed by atoms with Gasteiger partial charge in [-0.3, -0.25) is 0 Å². The number of amides is 2. The number of pyridine rings is 1. The molecule has 0 aliphatic heterocycles. The molecule has 2 N–H and O–H groups in total. The van der Waals surface area contributed by atoms with Crippen LogP contribution in [0.25, 0.3) is 0 Å². The predicted octanol–water partition coefficient (Wildman–Crippen LogP) is 4.97. The van der Waals surface area contributed by atoms with Gasteiger partial charge in [-0.1, -0.05) is 6.07 Å². The number of carbonyl (C=O) groups excluding carboxylic acids is 1. The van der Waals surface area contributed by atoms with Crippen LogP contribution in [0, 0.1) is 0 Å². The van der Waals surface area contributed by atoms with Crippen molar-refractivity contribution < 1.29 is 27.4 Å². The Labute approximate surface area is 170 Å². The lowest BCUT2D eigenvalue weighted by molar-refractivity contribution is -0.274. The number of hydrogen-bond acceptors (Lipinski definition) is 6. The Morgan fingerprint density at radius 2 is 1.72 bits per heavy atom. The Morgan fingerprint density at radius 1 is 1.00 bits per heavy atom. The molecule has 0 unspecified atom stereocenters. The van der Waals surface area contributed by atoms with Crippen molar-refractivity contribution in [2.75, 3.05) is 10.6 Å². The van der Waals surface area contributed by atoms with Gasteiger partial charge in [-0.15, -0.1) is 13.2 Å². The summed E-state index contributed by atoms with van der Waals surface area (Å²) < 4.78 is 46.4. The maximum Gasteiger partial charge on any atom is 0.573 e. The van der Waals surface area contributed by atoms with Crippen LogP contribution in [0.15, 0.2) is 59.6 Å². The third-order valence-corrected chi connectivity index (χ3v) is 3.77. The van der Waals surface area contributed by atoms with Crippen LogP contribution in [-0.2, 0) is 0 Å². The Hall–Kier alpha value is -3.41. The average Bonchev–Trinajstić information content (AvgIpc) is 2.64. The summed E-state index contributed by atoms with van der Waals surface area (Å²) in [5.74, 6) is -0.391. The number of halogens is 4. The summed E-state index contributed by atoms with van der Waals surface area (Å²) in [6.45, 7) is 0. The minimum Gasteiger partial charge on any atom is -0.424 e. The van der Waals surface area contributed by atoms with E-state index < -0.39 is 18.1 Å². The number of hydrogen-bond donors (Lipinski definition) is 2. The van der Waals surface area contributed by atoms with E-state index in [1.54, 1.807) is 18.3 Å². The zero-order valence-electron chi connectivity index (χ0n) is 14.3. The number of carbonyl (C=O) groups is 1. The minimum atomic E-state index is -4.81. The van der Waals surface area contributed by atoms with Gasteiger partial charge in [0.25, 0.3) is 0 Å². The van der Waals surface area contributed by atoms with Gasteiger partial charge in [0.2, 0.25) is 0 Å². The molecule has 3 rings (SSSR count). The topological polar surface area (TPSA) is 98.3 Å². The average molecular weight is 470 g/mol. The van der Waals surface area contributed by atoms with Gasteiger partial charge in [-0.25, -0.2) is 19.7 Å². The van der Waals surface area contributed by atoms with Crippen molar-refractivity contribution in [3.63, 3.8) is 0 Å². The normalized spacial score (nSPS) is 10.9. The second-order valence-electron chi connectivity index (χ2n) is 5.30. The van der Waals surface area contributed by atoms with Crippen molar-refractivity contribution in [2.45, 2.75) is 6.36 Å². The molecule has 29 heavy (non-hydrogen) atoms. The van der Waals surface area contributed by atoms with Crippen LogP contribution in [0.1, 0.15) is 0 Å². The molecular formula is C17H11BrF3N5O3. The van der Waals surface area contributed by atoms with E-state index in [1.807, 2.05) is 0 Å². The molecule has 2 amide bonds. The molecule has 12 heteroatoms. The molecule has 0 radical (unpaired) electrons. The number of alkyl halides is 3. The first-order valence-corrected chi connectivity index (χ1v) is 8.62. The number of rotatable bonds is 5. The standard InChI is InChI=1S/C17H11BrF3N5O3/c18-14-13(5-2-6-22-14)26-15(27)25-10-8-23-16(24-9-10)28-11-3-1-4-12(7-11)29-17(19,20)21/h1-9H,(H2,25,26,27). The molecule has 0 fully saturated rings. The Bertz CT molecular complexity index is 1000. The first-order chi connectivity index (χ1) is 13.8. The number of anilines is 2. The molecule has 0 saturated heterocycles. The molecule has 0 bridgehead atoms. The SMILES string of the molecule is O=C(Nc1cnc(Oc2cccc(OC(F)(F)F)c2)nc1)Nc1cccnc1Br. The zero-order chi connectivity index (χ0) is 20.9. The summed E-state index contributed by atoms with van der Waals surface area (Å²) in [6, 6.07) is 7.55. The smallest absolute Gasteiger partial charge is 0.424 e. The summed E-state index contributed by atoms with van der Waals surface area (Å²) in [5, 5.41) is 5.11. The van der Waals surface area contributed by atoms with Crippen LogP contribution in [0.2, 0.25) is 0 Å². The fraction of sp³-hybridized carbons (Fsp3) is 0.0588. The van der Waals surface area contributed by atoms with Gasteiger partial charge in [-0.05, 0) is 40.2 Å². The number of aromatic nitrogens is 3. The molecule has 3 aromatic rings. The number of ether oxygens (including phenoxy) is 2. The van der Waals surface area contributed by atoms with E-state index in [0.717, 1.165) is 12.1 Å². The fourth-order valence-electron chi connectivity index (χ4n) is 2.04. The number of benzene rings is 1. The quantitative estimate of drug-likeness (QED) is 0.512. The Balaban J connectivity index is 1.60. The van der Waals surface area contributed by atoms with E-state index in [-0.39, 0.29) is 17.4 Å². The van der Waals surface area contributed by atoms with E-state index in [2.05, 4.69) is 46.3 Å². The van der Waals surface area contributed by atoms with Crippen LogP contribution in [0.4, 0.5) is 29.3 Å². The lowest BCUT2D eigenvalue weighted by atomic mass is 10.3. The molecular weight excluding hydrogens is 459 g/mol. The molecule has 2 aromatic heterocycles. The van der Waals surface area contributed by atoms with Crippen molar-refractivity contribution in [3.8, 4) is 17.5 Å². The van der Waals surface area contributed by atoms with Gasteiger partial charge in [0, 0.05) is 12.3 Å². The number of nitrogens with one attached hydrogen (secondary N) is 2. The van der Waals surface area contributed by atoms with Gasteiger partial charge in [0.05, 0.1) is 23.8 Å². The monoisotopic (exact) mass is 469 g/mol. The minimum absolute atomic E-state index is 0.0478. The van der Waals surface area contributed by atoms with Gasteiger partial charge >= 0.3 is 18.4 Å². The maximum absolute atomic E-state index is 12.3. The maximum atomic E-state index is 12.3. The highest BCUT2D eigenvalue weighted by molar-refractivity contribution is 9.10. The number of nitrogens with zero attached hydrogens (tertiary/aromatic N) is 3. The van der Waals surface area contributed by atoms with Crippen molar-refractivity contribution in [2.24, 2.45) is 0 Å². The van der Waals surface area contributed by atoms with E-state index in [0.29, 0.717) is 10.3 Å². The summed E-state index contributed by atoms with van der Waals surface area (Å²) in [5.41, 5.74) is 0.732. The van der Waals surface area contributed by atoms with E-state index in [9.17, 15) is 18.0 Å².